The molecule has 1 N–H and O–H groups in total. The second-order valence-corrected chi connectivity index (χ2v) is 10.5. The maximum Gasteiger partial charge on any atom is 0.226 e. The van der Waals surface area contributed by atoms with E-state index in [0.717, 1.165) is 29.8 Å². The zero-order valence-corrected chi connectivity index (χ0v) is 18.2. The standard InChI is InChI=1S/C24H25N3O3S/c1-31(29,30)19-10-8-18(9-11-19)17-23(28)26-15-12-24(13-16-26)22-7-4-14-27(22)21-6-3-2-5-20(21)25-24/h2-11,14,25H,12-13,15-17H2,1H3. The number of hydrogen-bond acceptors (Lipinski definition) is 4. The van der Waals surface area contributed by atoms with Crippen molar-refractivity contribution in [2.24, 2.45) is 0 Å². The van der Waals surface area contributed by atoms with Crippen LogP contribution in [0.2, 0.25) is 0 Å². The number of rotatable bonds is 3. The smallest absolute Gasteiger partial charge is 0.226 e. The lowest BCUT2D eigenvalue weighted by atomic mass is 9.82. The fourth-order valence-corrected chi connectivity index (χ4v) is 5.38. The second kappa shape index (κ2) is 7.27. The van der Waals surface area contributed by atoms with Crippen LogP contribution in [-0.4, -0.2) is 43.1 Å². The summed E-state index contributed by atoms with van der Waals surface area (Å²) in [6, 6.07) is 19.2. The summed E-state index contributed by atoms with van der Waals surface area (Å²) in [6.07, 6.45) is 5.25. The summed E-state index contributed by atoms with van der Waals surface area (Å²) in [5.74, 6) is 0.0774. The summed E-state index contributed by atoms with van der Waals surface area (Å²) in [4.78, 5) is 15.1. The number of carbonyl (C=O) groups excluding carboxylic acids is 1. The summed E-state index contributed by atoms with van der Waals surface area (Å²) in [6.45, 7) is 1.36. The Balaban J connectivity index is 1.29. The zero-order chi connectivity index (χ0) is 21.6. The van der Waals surface area contributed by atoms with E-state index in [1.807, 2.05) is 17.0 Å². The molecule has 160 valence electrons. The number of fused-ring (bicyclic) bond motifs is 4. The fourth-order valence-electron chi connectivity index (χ4n) is 4.75. The first-order valence-corrected chi connectivity index (χ1v) is 12.4. The Kier molecular flexibility index (Phi) is 4.66. The number of piperidine rings is 1. The van der Waals surface area contributed by atoms with E-state index in [1.165, 1.54) is 11.9 Å². The van der Waals surface area contributed by atoms with E-state index in [2.05, 4.69) is 40.3 Å². The SMILES string of the molecule is CS(=O)(=O)c1ccc(CC(=O)N2CCC3(CC2)Nc2ccccc2-n2cccc23)cc1. The van der Waals surface area contributed by atoms with Gasteiger partial charge in [-0.2, -0.15) is 0 Å². The summed E-state index contributed by atoms with van der Waals surface area (Å²) in [5, 5.41) is 3.77. The highest BCUT2D eigenvalue weighted by molar-refractivity contribution is 7.90. The average Bonchev–Trinajstić information content (AvgIpc) is 3.25. The van der Waals surface area contributed by atoms with Crippen molar-refractivity contribution in [3.8, 4) is 5.69 Å². The quantitative estimate of drug-likeness (QED) is 0.685. The Morgan fingerprint density at radius 3 is 2.42 bits per heavy atom. The van der Waals surface area contributed by atoms with Crippen LogP contribution in [0.1, 0.15) is 24.1 Å². The number of hydrogen-bond donors (Lipinski definition) is 1. The minimum atomic E-state index is -3.23. The molecule has 5 rings (SSSR count). The van der Waals surface area contributed by atoms with Crippen LogP contribution in [0, 0.1) is 0 Å². The number of aromatic nitrogens is 1. The van der Waals surface area contributed by atoms with Crippen molar-refractivity contribution in [1.29, 1.82) is 0 Å². The van der Waals surface area contributed by atoms with Crippen LogP contribution in [0.4, 0.5) is 5.69 Å². The maximum atomic E-state index is 12.9. The van der Waals surface area contributed by atoms with E-state index in [0.29, 0.717) is 13.1 Å². The highest BCUT2D eigenvalue weighted by Gasteiger charge is 2.42. The Morgan fingerprint density at radius 1 is 1.00 bits per heavy atom. The largest absolute Gasteiger partial charge is 0.372 e. The van der Waals surface area contributed by atoms with Crippen molar-refractivity contribution in [3.05, 3.63) is 78.1 Å². The van der Waals surface area contributed by atoms with Gasteiger partial charge in [-0.15, -0.1) is 0 Å². The van der Waals surface area contributed by atoms with E-state index in [1.54, 1.807) is 24.3 Å². The topological polar surface area (TPSA) is 71.4 Å². The van der Waals surface area contributed by atoms with Gasteiger partial charge in [0, 0.05) is 31.2 Å². The summed E-state index contributed by atoms with van der Waals surface area (Å²) < 4.78 is 25.5. The molecule has 3 heterocycles. The van der Waals surface area contributed by atoms with Crippen molar-refractivity contribution in [1.82, 2.24) is 9.47 Å². The number of benzene rings is 2. The average molecular weight is 436 g/mol. The molecule has 2 aliphatic rings. The van der Waals surface area contributed by atoms with Crippen molar-refractivity contribution in [3.63, 3.8) is 0 Å². The molecule has 0 aliphatic carbocycles. The molecule has 0 bridgehead atoms. The van der Waals surface area contributed by atoms with Gasteiger partial charge in [0.2, 0.25) is 5.91 Å². The lowest BCUT2D eigenvalue weighted by Crippen LogP contribution is -2.51. The summed E-state index contributed by atoms with van der Waals surface area (Å²) in [7, 11) is -3.23. The van der Waals surface area contributed by atoms with Gasteiger partial charge in [-0.1, -0.05) is 24.3 Å². The number of nitrogens with zero attached hydrogens (tertiary/aromatic N) is 2. The van der Waals surface area contributed by atoms with E-state index in [9.17, 15) is 13.2 Å². The van der Waals surface area contributed by atoms with Gasteiger partial charge in [0.05, 0.1) is 28.2 Å². The van der Waals surface area contributed by atoms with Crippen LogP contribution >= 0.6 is 0 Å². The minimum Gasteiger partial charge on any atom is -0.372 e. The molecular formula is C24H25N3O3S. The third-order valence-corrected chi connectivity index (χ3v) is 7.58. The first-order chi connectivity index (χ1) is 14.9. The number of sulfone groups is 1. The fraction of sp³-hybridized carbons (Fsp3) is 0.292. The Morgan fingerprint density at radius 2 is 1.71 bits per heavy atom. The number of amides is 1. The third-order valence-electron chi connectivity index (χ3n) is 6.45. The molecule has 0 unspecified atom stereocenters. The number of para-hydroxylation sites is 2. The molecule has 7 heteroatoms. The number of likely N-dealkylation sites (tertiary alicyclic amines) is 1. The number of anilines is 1. The number of carbonyl (C=O) groups is 1. The van der Waals surface area contributed by atoms with Gasteiger partial charge < -0.3 is 14.8 Å². The van der Waals surface area contributed by atoms with Crippen molar-refractivity contribution in [2.75, 3.05) is 24.7 Å². The van der Waals surface area contributed by atoms with Crippen LogP contribution in [0.5, 0.6) is 0 Å². The van der Waals surface area contributed by atoms with Crippen molar-refractivity contribution in [2.45, 2.75) is 29.7 Å². The molecule has 2 aromatic carbocycles. The van der Waals surface area contributed by atoms with Gasteiger partial charge in [0.15, 0.2) is 9.84 Å². The predicted octanol–water partition coefficient (Wildman–Crippen LogP) is 3.37. The monoisotopic (exact) mass is 435 g/mol. The van der Waals surface area contributed by atoms with Gasteiger partial charge >= 0.3 is 0 Å². The summed E-state index contributed by atoms with van der Waals surface area (Å²) in [5.41, 5.74) is 4.18. The lowest BCUT2D eigenvalue weighted by Gasteiger charge is -2.46. The molecule has 0 saturated carbocycles. The molecule has 6 nitrogen and oxygen atoms in total. The first-order valence-electron chi connectivity index (χ1n) is 10.5. The predicted molar refractivity (Wildman–Crippen MR) is 120 cm³/mol. The van der Waals surface area contributed by atoms with Crippen LogP contribution in [0.15, 0.2) is 71.8 Å². The van der Waals surface area contributed by atoms with Gasteiger partial charge in [-0.05, 0) is 54.8 Å². The normalized spacial score (nSPS) is 17.0. The third kappa shape index (κ3) is 3.53. The Hall–Kier alpha value is -3.06. The molecule has 3 aromatic rings. The second-order valence-electron chi connectivity index (χ2n) is 8.46. The lowest BCUT2D eigenvalue weighted by molar-refractivity contribution is -0.132. The molecule has 2 aliphatic heterocycles. The van der Waals surface area contributed by atoms with Gasteiger partial charge in [0.1, 0.15) is 0 Å². The van der Waals surface area contributed by atoms with E-state index in [4.69, 9.17) is 0 Å². The molecule has 1 spiro atoms. The summed E-state index contributed by atoms with van der Waals surface area (Å²) >= 11 is 0. The Labute approximate surface area is 182 Å². The molecule has 1 aromatic heterocycles. The van der Waals surface area contributed by atoms with E-state index in [-0.39, 0.29) is 22.8 Å². The highest BCUT2D eigenvalue weighted by Crippen LogP contribution is 2.43. The van der Waals surface area contributed by atoms with Crippen LogP contribution in [0.25, 0.3) is 5.69 Å². The van der Waals surface area contributed by atoms with Gasteiger partial charge in [-0.3, -0.25) is 4.79 Å². The molecular weight excluding hydrogens is 410 g/mol. The highest BCUT2D eigenvalue weighted by atomic mass is 32.2. The maximum absolute atomic E-state index is 12.9. The van der Waals surface area contributed by atoms with Crippen molar-refractivity contribution >= 4 is 21.4 Å². The van der Waals surface area contributed by atoms with Crippen LogP contribution in [0.3, 0.4) is 0 Å². The van der Waals surface area contributed by atoms with Crippen molar-refractivity contribution < 1.29 is 13.2 Å². The molecule has 0 atom stereocenters. The molecule has 1 fully saturated rings. The van der Waals surface area contributed by atoms with Gasteiger partial charge in [0.25, 0.3) is 0 Å². The van der Waals surface area contributed by atoms with Crippen LogP contribution < -0.4 is 5.32 Å². The molecule has 0 radical (unpaired) electrons. The van der Waals surface area contributed by atoms with Crippen LogP contribution in [-0.2, 0) is 26.6 Å². The molecule has 31 heavy (non-hydrogen) atoms. The Bertz CT molecular complexity index is 1240. The molecule has 1 amide bonds. The van der Waals surface area contributed by atoms with E-state index >= 15 is 0 Å². The zero-order valence-electron chi connectivity index (χ0n) is 17.4. The first kappa shape index (κ1) is 19.9. The minimum absolute atomic E-state index is 0.0774. The van der Waals surface area contributed by atoms with Gasteiger partial charge in [-0.25, -0.2) is 8.42 Å². The number of nitrogens with one attached hydrogen (secondary N) is 1. The van der Waals surface area contributed by atoms with E-state index < -0.39 is 9.84 Å². The molecule has 1 saturated heterocycles.